The number of nitrogens with one attached hydrogen (secondary N) is 3. The van der Waals surface area contributed by atoms with Gasteiger partial charge in [-0.25, -0.2) is 0 Å². The van der Waals surface area contributed by atoms with Crippen LogP contribution < -0.4 is 16.0 Å². The Morgan fingerprint density at radius 3 is 1.78 bits per heavy atom. The Bertz CT molecular complexity index is 2770. The van der Waals surface area contributed by atoms with Gasteiger partial charge >= 0.3 is 6.18 Å². The van der Waals surface area contributed by atoms with E-state index in [0.717, 1.165) is 51.7 Å². The predicted octanol–water partition coefficient (Wildman–Crippen LogP) is 5.03. The number of amides is 12. The van der Waals surface area contributed by atoms with Crippen LogP contribution >= 0.6 is 11.6 Å². The molecule has 1 spiro atoms. The molecule has 5 fully saturated rings. The number of fused-ring (bicyclic) bond motifs is 1. The van der Waals surface area contributed by atoms with E-state index in [1.807, 2.05) is 27.7 Å². The number of halogens is 4. The molecule has 2 aliphatic heterocycles. The summed E-state index contributed by atoms with van der Waals surface area (Å²) in [4.78, 5) is 188. The maximum absolute atomic E-state index is 15.4. The second-order valence-electron chi connectivity index (χ2n) is 29.1. The topological polar surface area (TPSA) is 270 Å². The van der Waals surface area contributed by atoms with E-state index in [-0.39, 0.29) is 88.5 Å². The molecule has 28 heteroatoms. The van der Waals surface area contributed by atoms with Crippen LogP contribution in [0.3, 0.4) is 0 Å². The molecule has 544 valence electrons. The van der Waals surface area contributed by atoms with Crippen LogP contribution in [0.25, 0.3) is 0 Å². The lowest BCUT2D eigenvalue weighted by Gasteiger charge is -2.41. The Morgan fingerprint density at radius 1 is 0.615 bits per heavy atom. The summed E-state index contributed by atoms with van der Waals surface area (Å²) in [6, 6.07) is -8.70. The van der Waals surface area contributed by atoms with Crippen molar-refractivity contribution in [2.45, 2.75) is 236 Å². The molecule has 3 saturated carbocycles. The Hall–Kier alpha value is -6.28. The molecule has 5 rings (SSSR count). The summed E-state index contributed by atoms with van der Waals surface area (Å²) in [7, 11) is 12.8. The molecule has 0 aromatic carbocycles. The first-order valence-electron chi connectivity index (χ1n) is 34.8. The molecule has 3 aliphatic carbocycles. The van der Waals surface area contributed by atoms with Gasteiger partial charge in [-0.3, -0.25) is 57.5 Å². The normalized spacial score (nSPS) is 29.1. The van der Waals surface area contributed by atoms with Crippen LogP contribution in [0.1, 0.15) is 176 Å². The highest BCUT2D eigenvalue weighted by atomic mass is 35.5. The zero-order valence-electron chi connectivity index (χ0n) is 59.7. The summed E-state index contributed by atoms with van der Waals surface area (Å²) in [5, 5.41) is 7.50. The minimum atomic E-state index is -4.51. The van der Waals surface area contributed by atoms with Gasteiger partial charge in [-0.1, -0.05) is 99.3 Å². The summed E-state index contributed by atoms with van der Waals surface area (Å²) in [6.07, 6.45) is 2.29. The second kappa shape index (κ2) is 35.5. The average molecular weight is 1380 g/mol. The smallest absolute Gasteiger partial charge is 0.347 e. The second-order valence-corrected chi connectivity index (χ2v) is 29.6. The lowest BCUT2D eigenvalue weighted by molar-refractivity contribution is -0.182. The van der Waals surface area contributed by atoms with E-state index in [1.54, 1.807) is 13.8 Å². The van der Waals surface area contributed by atoms with Crippen molar-refractivity contribution in [1.82, 2.24) is 60.0 Å². The first-order valence-corrected chi connectivity index (χ1v) is 35.3. The Kier molecular flexibility index (Phi) is 29.7. The molecule has 0 radical (unpaired) electrons. The predicted molar refractivity (Wildman–Crippen MR) is 356 cm³/mol. The van der Waals surface area contributed by atoms with Crippen molar-refractivity contribution in [3.05, 3.63) is 0 Å². The van der Waals surface area contributed by atoms with Crippen LogP contribution in [0, 0.1) is 35.5 Å². The number of hydrogen-bond donors (Lipinski definition) is 3. The van der Waals surface area contributed by atoms with Crippen molar-refractivity contribution < 1.29 is 70.7 Å². The molecule has 0 aromatic heterocycles. The lowest BCUT2D eigenvalue weighted by Crippen LogP contribution is -2.65. The third-order valence-electron chi connectivity index (χ3n) is 21.3. The maximum Gasteiger partial charge on any atom is 0.393 e. The molecule has 96 heavy (non-hydrogen) atoms. The summed E-state index contributed by atoms with van der Waals surface area (Å²) in [5.41, 5.74) is -1.57. The SMILES string of the molecule is CC[C@H](C)[C@@H]1NC(=O)[C@H](CC(C)C)N(C)C(=O)C[C@@H](C(=O)N(C)C)N(C)C(=O)[C@H]([C@@H](C)CC)N(C)C(=O)C2(CCCC2)NC(=O)[C@@H]2CCCN2C(=O)[C@H](CCC2CCC(C(F)(F)F)C(Cl)C2)NC(=O)CN(C)C(=O)[C@H](CC2CCCCC2)N(C)C(=O)CN(C)C(=O)CN(C)C1=O. The zero-order chi connectivity index (χ0) is 72.0. The van der Waals surface area contributed by atoms with Crippen LogP contribution in [0.15, 0.2) is 0 Å². The van der Waals surface area contributed by atoms with Gasteiger partial charge in [0.1, 0.15) is 47.8 Å². The average Bonchev–Trinajstić information content (AvgIpc) is 1.28. The molecule has 0 bridgehead atoms. The largest absolute Gasteiger partial charge is 0.393 e. The van der Waals surface area contributed by atoms with Gasteiger partial charge in [0.2, 0.25) is 70.9 Å². The van der Waals surface area contributed by atoms with Gasteiger partial charge < -0.3 is 60.0 Å². The zero-order valence-corrected chi connectivity index (χ0v) is 60.5. The van der Waals surface area contributed by atoms with E-state index in [1.165, 1.54) is 87.9 Å². The van der Waals surface area contributed by atoms with Crippen LogP contribution in [0.2, 0.25) is 0 Å². The molecule has 12 atom stereocenters. The number of likely N-dealkylation sites (N-methyl/N-ethyl adjacent to an activating group) is 8. The maximum atomic E-state index is 15.4. The first-order chi connectivity index (χ1) is 44.9. The minimum absolute atomic E-state index is 0.00307. The fraction of sp³-hybridized carbons (Fsp3) is 0.824. The number of hydrogen-bond acceptors (Lipinski definition) is 12. The number of alkyl halides is 4. The quantitative estimate of drug-likeness (QED) is 0.217. The van der Waals surface area contributed by atoms with Crippen molar-refractivity contribution >= 4 is 82.5 Å². The molecule has 12 amide bonds. The highest BCUT2D eigenvalue weighted by molar-refractivity contribution is 6.20. The number of carbonyl (C=O) groups excluding carboxylic acids is 12. The van der Waals surface area contributed by atoms with Crippen molar-refractivity contribution in [1.29, 1.82) is 0 Å². The standard InChI is InChI=1S/C68H112ClF3N12O12/c1-16-42(5)57-64(94)79(11)39-55(87)77(9)40-56(88)81(13)51(36-44-24-19-18-20-25-44)63(93)78(10)38-53(85)73-48(30-28-45-27-29-46(47(69)35-45)68(70,71)72)61(91)84-33-23-26-49(84)60(90)75-67(31-21-22-32-67)66(96)83(15)58(43(6)17-2)65(95)82(14)52(62(92)76(7)8)37-54(86)80(12)50(34-41(3)4)59(89)74-57/h41-52,57-58H,16-40H2,1-15H3,(H,73,85)(H,74,89)(H,75,90)/t42-,43-,45?,46?,47?,48-,49-,50-,51-,52-,57-,58-/m0/s1. The van der Waals surface area contributed by atoms with Crippen LogP contribution in [0.4, 0.5) is 13.2 Å². The van der Waals surface area contributed by atoms with Crippen molar-refractivity contribution in [2.75, 3.05) is 89.6 Å². The molecule has 24 nitrogen and oxygen atoms in total. The minimum Gasteiger partial charge on any atom is -0.347 e. The van der Waals surface area contributed by atoms with E-state index < -0.39 is 174 Å². The molecule has 3 unspecified atom stereocenters. The van der Waals surface area contributed by atoms with Crippen LogP contribution in [-0.2, 0) is 57.5 Å². The monoisotopic (exact) mass is 1380 g/mol. The van der Waals surface area contributed by atoms with E-state index in [9.17, 15) is 56.3 Å². The molecular weight excluding hydrogens is 1270 g/mol. The van der Waals surface area contributed by atoms with Crippen molar-refractivity contribution in [3.63, 3.8) is 0 Å². The highest BCUT2D eigenvalue weighted by Gasteiger charge is 2.52. The third kappa shape index (κ3) is 20.4. The summed E-state index contributed by atoms with van der Waals surface area (Å²) >= 11 is 6.38. The van der Waals surface area contributed by atoms with Gasteiger partial charge in [-0.15, -0.1) is 11.6 Å². The molecule has 2 heterocycles. The van der Waals surface area contributed by atoms with Gasteiger partial charge in [-0.05, 0) is 100 Å². The Labute approximate surface area is 571 Å². The van der Waals surface area contributed by atoms with Gasteiger partial charge in [0.05, 0.1) is 32.0 Å². The highest BCUT2D eigenvalue weighted by Crippen LogP contribution is 2.44. The third-order valence-corrected chi connectivity index (χ3v) is 21.8. The van der Waals surface area contributed by atoms with Crippen LogP contribution in [-0.4, -0.2) is 264 Å². The lowest BCUT2D eigenvalue weighted by atomic mass is 9.78. The van der Waals surface area contributed by atoms with Gasteiger partial charge in [-0.2, -0.15) is 13.2 Å². The molecule has 5 aliphatic rings. The molecular formula is C68H112ClF3N12O12. The van der Waals surface area contributed by atoms with E-state index in [2.05, 4.69) is 16.0 Å². The summed E-state index contributed by atoms with van der Waals surface area (Å²) in [5.74, 6) is -11.2. The molecule has 3 N–H and O–H groups in total. The van der Waals surface area contributed by atoms with E-state index in [0.29, 0.717) is 32.1 Å². The number of rotatable bonds is 12. The number of nitrogens with zero attached hydrogens (tertiary/aromatic N) is 9. The Balaban J connectivity index is 1.60. The fourth-order valence-corrected chi connectivity index (χ4v) is 15.2. The van der Waals surface area contributed by atoms with Gasteiger partial charge in [0.15, 0.2) is 0 Å². The number of carbonyl (C=O) groups is 12. The first kappa shape index (κ1) is 80.4. The summed E-state index contributed by atoms with van der Waals surface area (Å²) in [6.45, 7) is 9.30. The van der Waals surface area contributed by atoms with Gasteiger partial charge in [0.25, 0.3) is 0 Å². The fourth-order valence-electron chi connectivity index (χ4n) is 14.7. The summed E-state index contributed by atoms with van der Waals surface area (Å²) < 4.78 is 41.9. The molecule has 0 aromatic rings. The van der Waals surface area contributed by atoms with E-state index >= 15 is 14.4 Å². The van der Waals surface area contributed by atoms with Gasteiger partial charge in [0, 0.05) is 75.4 Å². The van der Waals surface area contributed by atoms with E-state index in [4.69, 9.17) is 11.6 Å². The van der Waals surface area contributed by atoms with Crippen molar-refractivity contribution in [3.8, 4) is 0 Å². The Morgan fingerprint density at radius 2 is 1.21 bits per heavy atom. The molecule has 2 saturated heterocycles. The van der Waals surface area contributed by atoms with Crippen LogP contribution in [0.5, 0.6) is 0 Å². The van der Waals surface area contributed by atoms with Crippen molar-refractivity contribution in [2.24, 2.45) is 35.5 Å².